The molecule has 0 saturated carbocycles. The smallest absolute Gasteiger partial charge is 0.313 e. The first-order valence-electron chi connectivity index (χ1n) is 7.81. The number of H-pyrrole nitrogens is 1. The molecule has 2 aliphatic rings. The van der Waals surface area contributed by atoms with E-state index in [1.54, 1.807) is 0 Å². The van der Waals surface area contributed by atoms with Crippen molar-refractivity contribution in [2.45, 2.75) is 32.7 Å². The maximum absolute atomic E-state index is 11.9. The number of aromatic nitrogens is 2. The molecule has 1 amide bonds. The van der Waals surface area contributed by atoms with Gasteiger partial charge in [0.25, 0.3) is 0 Å². The molecule has 0 radical (unpaired) electrons. The van der Waals surface area contributed by atoms with Crippen LogP contribution in [0.1, 0.15) is 31.3 Å². The van der Waals surface area contributed by atoms with Gasteiger partial charge < -0.3 is 15.4 Å². The zero-order chi connectivity index (χ0) is 15.7. The van der Waals surface area contributed by atoms with Crippen molar-refractivity contribution >= 4 is 11.9 Å². The standard InChI is InChI=1S/C15H22N4O3/c1-2-3-4-12-16-5-10(18-12)6-19-7-11-13(20)17-8-15(11,9-19)14(21)22/h5,11H,2-4,6-9H2,1H3,(H,16,18)(H,17,20)(H,21,22)/t11-,15+/m0/s1. The SMILES string of the molecule is CCCCc1ncc(CN2C[C@H]3C(=O)NC[C@@]3(C(=O)O)C2)[nH]1. The van der Waals surface area contributed by atoms with Gasteiger partial charge >= 0.3 is 5.97 Å². The maximum Gasteiger partial charge on any atom is 0.313 e. The largest absolute Gasteiger partial charge is 0.481 e. The topological polar surface area (TPSA) is 98.3 Å². The summed E-state index contributed by atoms with van der Waals surface area (Å²) >= 11 is 0. The van der Waals surface area contributed by atoms with Crippen molar-refractivity contribution in [2.75, 3.05) is 19.6 Å². The molecule has 120 valence electrons. The van der Waals surface area contributed by atoms with Gasteiger partial charge in [0.2, 0.25) is 5.91 Å². The predicted molar refractivity (Wildman–Crippen MR) is 79.0 cm³/mol. The highest BCUT2D eigenvalue weighted by atomic mass is 16.4. The molecule has 2 fully saturated rings. The molecule has 3 N–H and O–H groups in total. The summed E-state index contributed by atoms with van der Waals surface area (Å²) < 4.78 is 0. The van der Waals surface area contributed by atoms with Crippen molar-refractivity contribution in [2.24, 2.45) is 11.3 Å². The summed E-state index contributed by atoms with van der Waals surface area (Å²) in [4.78, 5) is 33.2. The van der Waals surface area contributed by atoms with Crippen molar-refractivity contribution in [3.05, 3.63) is 17.7 Å². The van der Waals surface area contributed by atoms with Gasteiger partial charge in [-0.2, -0.15) is 0 Å². The number of nitrogens with zero attached hydrogens (tertiary/aromatic N) is 2. The monoisotopic (exact) mass is 306 g/mol. The highest BCUT2D eigenvalue weighted by Gasteiger charge is 2.59. The van der Waals surface area contributed by atoms with Gasteiger partial charge in [0.15, 0.2) is 0 Å². The summed E-state index contributed by atoms with van der Waals surface area (Å²) in [6.45, 7) is 3.87. The summed E-state index contributed by atoms with van der Waals surface area (Å²) in [7, 11) is 0. The van der Waals surface area contributed by atoms with Crippen molar-refractivity contribution in [3.63, 3.8) is 0 Å². The number of amides is 1. The van der Waals surface area contributed by atoms with E-state index in [1.165, 1.54) is 0 Å². The van der Waals surface area contributed by atoms with Gasteiger partial charge in [-0.05, 0) is 6.42 Å². The van der Waals surface area contributed by atoms with E-state index in [0.717, 1.165) is 30.8 Å². The van der Waals surface area contributed by atoms with Crippen LogP contribution in [0, 0.1) is 11.3 Å². The molecular formula is C15H22N4O3. The number of likely N-dealkylation sites (tertiary alicyclic amines) is 1. The second kappa shape index (κ2) is 5.72. The van der Waals surface area contributed by atoms with Crippen LogP contribution < -0.4 is 5.32 Å². The van der Waals surface area contributed by atoms with E-state index >= 15 is 0 Å². The fourth-order valence-electron chi connectivity index (χ4n) is 3.50. The number of aromatic amines is 1. The number of carboxylic acid groups (broad SMARTS) is 1. The van der Waals surface area contributed by atoms with Crippen LogP contribution in [0.5, 0.6) is 0 Å². The lowest BCUT2D eigenvalue weighted by atomic mass is 9.81. The molecule has 3 rings (SSSR count). The molecule has 3 heterocycles. The number of carbonyl (C=O) groups is 2. The van der Waals surface area contributed by atoms with Crippen LogP contribution in [0.25, 0.3) is 0 Å². The molecule has 7 heteroatoms. The molecule has 0 spiro atoms. The quantitative estimate of drug-likeness (QED) is 0.706. The lowest BCUT2D eigenvalue weighted by Crippen LogP contribution is -2.40. The summed E-state index contributed by atoms with van der Waals surface area (Å²) in [5.41, 5.74) is 0.00863. The molecule has 0 aromatic carbocycles. The average molecular weight is 306 g/mol. The second-order valence-electron chi connectivity index (χ2n) is 6.36. The molecule has 0 unspecified atom stereocenters. The number of unbranched alkanes of at least 4 members (excludes halogenated alkanes) is 1. The lowest BCUT2D eigenvalue weighted by Gasteiger charge is -2.21. The minimum atomic E-state index is -0.970. The Bertz CT molecular complexity index is 585. The zero-order valence-electron chi connectivity index (χ0n) is 12.8. The van der Waals surface area contributed by atoms with Crippen molar-refractivity contribution in [1.29, 1.82) is 0 Å². The number of carboxylic acids is 1. The Morgan fingerprint density at radius 1 is 1.59 bits per heavy atom. The van der Waals surface area contributed by atoms with Gasteiger partial charge in [-0.3, -0.25) is 14.5 Å². The molecule has 1 aromatic rings. The molecule has 2 atom stereocenters. The molecule has 7 nitrogen and oxygen atoms in total. The molecule has 0 bridgehead atoms. The van der Waals surface area contributed by atoms with Crippen LogP contribution in [0.3, 0.4) is 0 Å². The van der Waals surface area contributed by atoms with Crippen molar-refractivity contribution < 1.29 is 14.7 Å². The van der Waals surface area contributed by atoms with Crippen LogP contribution in [0.2, 0.25) is 0 Å². The fourth-order valence-corrected chi connectivity index (χ4v) is 3.50. The Kier molecular flexibility index (Phi) is 3.90. The van der Waals surface area contributed by atoms with E-state index in [2.05, 4.69) is 22.2 Å². The van der Waals surface area contributed by atoms with Crippen LogP contribution in [-0.2, 0) is 22.6 Å². The second-order valence-corrected chi connectivity index (χ2v) is 6.36. The van der Waals surface area contributed by atoms with Gasteiger partial charge in [0.1, 0.15) is 11.2 Å². The Labute approximate surface area is 129 Å². The van der Waals surface area contributed by atoms with Crippen LogP contribution in [0.15, 0.2) is 6.20 Å². The fraction of sp³-hybridized carbons (Fsp3) is 0.667. The average Bonchev–Trinajstić information content (AvgIpc) is 3.14. The molecule has 2 saturated heterocycles. The number of hydrogen-bond donors (Lipinski definition) is 3. The highest BCUT2D eigenvalue weighted by Crippen LogP contribution is 2.40. The lowest BCUT2D eigenvalue weighted by molar-refractivity contribution is -0.149. The summed E-state index contributed by atoms with van der Waals surface area (Å²) in [5.74, 6) is -0.501. The number of rotatable bonds is 6. The van der Waals surface area contributed by atoms with Gasteiger partial charge in [0.05, 0.1) is 5.92 Å². The predicted octanol–water partition coefficient (Wildman–Crippen LogP) is 0.385. The number of aliphatic carboxylic acids is 1. The van der Waals surface area contributed by atoms with Gasteiger partial charge in [-0.15, -0.1) is 0 Å². The van der Waals surface area contributed by atoms with Gasteiger partial charge in [-0.1, -0.05) is 13.3 Å². The summed E-state index contributed by atoms with van der Waals surface area (Å²) in [6.07, 6.45) is 4.97. The molecule has 1 aromatic heterocycles. The molecule has 2 aliphatic heterocycles. The first-order valence-corrected chi connectivity index (χ1v) is 7.81. The normalized spacial score (nSPS) is 27.9. The first kappa shape index (κ1) is 15.0. The number of imidazole rings is 1. The van der Waals surface area contributed by atoms with E-state index in [9.17, 15) is 14.7 Å². The van der Waals surface area contributed by atoms with Gasteiger partial charge in [0, 0.05) is 44.5 Å². The number of carbonyl (C=O) groups excluding carboxylic acids is 1. The Morgan fingerprint density at radius 3 is 3.09 bits per heavy atom. The maximum atomic E-state index is 11.9. The molecular weight excluding hydrogens is 284 g/mol. The van der Waals surface area contributed by atoms with E-state index in [4.69, 9.17) is 0 Å². The number of fused-ring (bicyclic) bond motifs is 1. The third-order valence-electron chi connectivity index (χ3n) is 4.78. The molecule has 22 heavy (non-hydrogen) atoms. The Morgan fingerprint density at radius 2 is 2.41 bits per heavy atom. The summed E-state index contributed by atoms with van der Waals surface area (Å²) in [6, 6.07) is 0. The third kappa shape index (κ3) is 2.49. The van der Waals surface area contributed by atoms with Crippen LogP contribution in [-0.4, -0.2) is 51.5 Å². The minimum absolute atomic E-state index is 0.141. The van der Waals surface area contributed by atoms with Crippen LogP contribution in [0.4, 0.5) is 0 Å². The van der Waals surface area contributed by atoms with Crippen LogP contribution >= 0.6 is 0 Å². The zero-order valence-corrected chi connectivity index (χ0v) is 12.8. The van der Waals surface area contributed by atoms with Gasteiger partial charge in [-0.25, -0.2) is 4.98 Å². The van der Waals surface area contributed by atoms with E-state index < -0.39 is 17.3 Å². The number of aryl methyl sites for hydroxylation is 1. The molecule has 0 aliphatic carbocycles. The van der Waals surface area contributed by atoms with E-state index in [-0.39, 0.29) is 12.5 Å². The van der Waals surface area contributed by atoms with Crippen molar-refractivity contribution in [3.8, 4) is 0 Å². The summed E-state index contributed by atoms with van der Waals surface area (Å²) in [5, 5.41) is 12.2. The highest BCUT2D eigenvalue weighted by molar-refractivity contribution is 5.92. The third-order valence-corrected chi connectivity index (χ3v) is 4.78. The number of hydrogen-bond acceptors (Lipinski definition) is 4. The minimum Gasteiger partial charge on any atom is -0.481 e. The first-order chi connectivity index (χ1) is 10.5. The number of nitrogens with one attached hydrogen (secondary N) is 2. The van der Waals surface area contributed by atoms with Crippen molar-refractivity contribution in [1.82, 2.24) is 20.2 Å². The van der Waals surface area contributed by atoms with E-state index in [0.29, 0.717) is 19.6 Å². The Balaban J connectivity index is 1.66. The Hall–Kier alpha value is -1.89. The van der Waals surface area contributed by atoms with E-state index in [1.807, 2.05) is 11.1 Å².